The van der Waals surface area contributed by atoms with Crippen LogP contribution in [-0.2, 0) is 4.79 Å². The van der Waals surface area contributed by atoms with E-state index in [1.54, 1.807) is 13.2 Å². The molecule has 0 fully saturated rings. The van der Waals surface area contributed by atoms with Crippen LogP contribution in [0.2, 0.25) is 0 Å². The molecule has 0 aliphatic rings. The summed E-state index contributed by atoms with van der Waals surface area (Å²) in [5, 5.41) is 5.87. The van der Waals surface area contributed by atoms with Gasteiger partial charge in [0, 0.05) is 6.54 Å². The van der Waals surface area contributed by atoms with Crippen LogP contribution in [0.1, 0.15) is 18.5 Å². The number of nitrogens with one attached hydrogen (secondary N) is 2. The summed E-state index contributed by atoms with van der Waals surface area (Å²) < 4.78 is 5.15. The minimum atomic E-state index is -0.0434. The van der Waals surface area contributed by atoms with Crippen molar-refractivity contribution in [2.75, 3.05) is 20.2 Å². The number of rotatable bonds is 7. The van der Waals surface area contributed by atoms with E-state index < -0.39 is 0 Å². The number of amides is 1. The number of hydrogen-bond acceptors (Lipinski definition) is 3. The van der Waals surface area contributed by atoms with Crippen LogP contribution in [0.15, 0.2) is 36.9 Å². The zero-order valence-electron chi connectivity index (χ0n) is 10.9. The topological polar surface area (TPSA) is 50.4 Å². The van der Waals surface area contributed by atoms with Gasteiger partial charge >= 0.3 is 0 Å². The minimum absolute atomic E-state index is 0.0350. The summed E-state index contributed by atoms with van der Waals surface area (Å²) in [4.78, 5) is 11.6. The number of carbonyl (C=O) groups excluding carboxylic acids is 1. The van der Waals surface area contributed by atoms with Crippen LogP contribution in [0, 0.1) is 0 Å². The second-order valence-corrected chi connectivity index (χ2v) is 3.99. The molecule has 0 heterocycles. The molecular weight excluding hydrogens is 228 g/mol. The van der Waals surface area contributed by atoms with Gasteiger partial charge in [-0.15, -0.1) is 6.58 Å². The maximum absolute atomic E-state index is 11.6. The van der Waals surface area contributed by atoms with Crippen LogP contribution < -0.4 is 15.4 Å². The third-order valence-electron chi connectivity index (χ3n) is 2.55. The fraction of sp³-hybridized carbons (Fsp3) is 0.357. The van der Waals surface area contributed by atoms with Crippen molar-refractivity contribution in [2.45, 2.75) is 13.0 Å². The lowest BCUT2D eigenvalue weighted by Gasteiger charge is -2.15. The molecule has 4 heteroatoms. The summed E-state index contributed by atoms with van der Waals surface area (Å²) in [6, 6.07) is 7.63. The van der Waals surface area contributed by atoms with E-state index in [1.807, 2.05) is 31.2 Å². The maximum atomic E-state index is 11.6. The molecule has 0 bridgehead atoms. The van der Waals surface area contributed by atoms with E-state index in [0.29, 0.717) is 13.1 Å². The van der Waals surface area contributed by atoms with Gasteiger partial charge in [0.15, 0.2) is 0 Å². The summed E-state index contributed by atoms with van der Waals surface area (Å²) in [5.74, 6) is 0.755. The smallest absolute Gasteiger partial charge is 0.234 e. The number of ether oxygens (including phenoxy) is 1. The van der Waals surface area contributed by atoms with Crippen molar-refractivity contribution in [1.82, 2.24) is 10.6 Å². The highest BCUT2D eigenvalue weighted by Gasteiger charge is 2.09. The van der Waals surface area contributed by atoms with Crippen molar-refractivity contribution in [3.63, 3.8) is 0 Å². The molecular formula is C14H20N2O2. The molecule has 0 saturated heterocycles. The highest BCUT2D eigenvalue weighted by atomic mass is 16.5. The molecule has 18 heavy (non-hydrogen) atoms. The third-order valence-corrected chi connectivity index (χ3v) is 2.55. The molecule has 1 aromatic carbocycles. The summed E-state index contributed by atoms with van der Waals surface area (Å²) >= 11 is 0. The molecule has 1 rings (SSSR count). The Kier molecular flexibility index (Phi) is 5.94. The van der Waals surface area contributed by atoms with Crippen molar-refractivity contribution in [3.8, 4) is 5.75 Å². The monoisotopic (exact) mass is 248 g/mol. The normalized spacial score (nSPS) is 11.7. The summed E-state index contributed by atoms with van der Waals surface area (Å²) in [6.07, 6.45) is 1.72. The van der Waals surface area contributed by atoms with E-state index in [-0.39, 0.29) is 11.9 Å². The molecule has 4 nitrogen and oxygen atoms in total. The van der Waals surface area contributed by atoms with E-state index in [0.717, 1.165) is 11.3 Å². The molecule has 2 N–H and O–H groups in total. The molecule has 0 saturated carbocycles. The van der Waals surface area contributed by atoms with Gasteiger partial charge in [0.1, 0.15) is 5.75 Å². The Morgan fingerprint density at radius 1 is 1.56 bits per heavy atom. The first kappa shape index (κ1) is 14.3. The predicted octanol–water partition coefficient (Wildman–Crippen LogP) is 1.65. The average molecular weight is 248 g/mol. The number of carbonyl (C=O) groups is 1. The second-order valence-electron chi connectivity index (χ2n) is 3.99. The predicted molar refractivity (Wildman–Crippen MR) is 72.6 cm³/mol. The second kappa shape index (κ2) is 7.50. The van der Waals surface area contributed by atoms with E-state index in [9.17, 15) is 4.79 Å². The van der Waals surface area contributed by atoms with Crippen molar-refractivity contribution in [1.29, 1.82) is 0 Å². The van der Waals surface area contributed by atoms with Crippen LogP contribution in [0.25, 0.3) is 0 Å². The molecule has 1 amide bonds. The zero-order valence-corrected chi connectivity index (χ0v) is 10.9. The van der Waals surface area contributed by atoms with Gasteiger partial charge < -0.3 is 15.4 Å². The highest BCUT2D eigenvalue weighted by molar-refractivity contribution is 5.78. The first-order chi connectivity index (χ1) is 8.67. The molecule has 98 valence electrons. The molecule has 1 atom stereocenters. The summed E-state index contributed by atoms with van der Waals surface area (Å²) in [6.45, 7) is 6.44. The Balaban J connectivity index is 2.50. The van der Waals surface area contributed by atoms with Gasteiger partial charge in [0.05, 0.1) is 19.7 Å². The molecule has 0 radical (unpaired) electrons. The zero-order chi connectivity index (χ0) is 13.4. The SMILES string of the molecule is C=CCNCC(=O)NC(C)c1cccc(OC)c1. The maximum Gasteiger partial charge on any atom is 0.234 e. The van der Waals surface area contributed by atoms with Crippen LogP contribution in [-0.4, -0.2) is 26.1 Å². The van der Waals surface area contributed by atoms with Crippen LogP contribution in [0.4, 0.5) is 0 Å². The number of hydrogen-bond donors (Lipinski definition) is 2. The quantitative estimate of drug-likeness (QED) is 0.570. The molecule has 0 aromatic heterocycles. The third kappa shape index (κ3) is 4.59. The number of methoxy groups -OCH3 is 1. The van der Waals surface area contributed by atoms with Gasteiger partial charge in [-0.05, 0) is 24.6 Å². The van der Waals surface area contributed by atoms with Crippen molar-refractivity contribution in [3.05, 3.63) is 42.5 Å². The van der Waals surface area contributed by atoms with Gasteiger partial charge in [-0.2, -0.15) is 0 Å². The van der Waals surface area contributed by atoms with Crippen molar-refractivity contribution in [2.24, 2.45) is 0 Å². The lowest BCUT2D eigenvalue weighted by atomic mass is 10.1. The molecule has 1 aromatic rings. The van der Waals surface area contributed by atoms with Crippen molar-refractivity contribution < 1.29 is 9.53 Å². The Morgan fingerprint density at radius 3 is 3.00 bits per heavy atom. The van der Waals surface area contributed by atoms with Crippen LogP contribution >= 0.6 is 0 Å². The van der Waals surface area contributed by atoms with Crippen molar-refractivity contribution >= 4 is 5.91 Å². The van der Waals surface area contributed by atoms with Gasteiger partial charge in [-0.1, -0.05) is 18.2 Å². The lowest BCUT2D eigenvalue weighted by Crippen LogP contribution is -2.35. The van der Waals surface area contributed by atoms with Gasteiger partial charge in [-0.25, -0.2) is 0 Å². The van der Waals surface area contributed by atoms with Crippen LogP contribution in [0.3, 0.4) is 0 Å². The standard InChI is InChI=1S/C14H20N2O2/c1-4-8-15-10-14(17)16-11(2)12-6-5-7-13(9-12)18-3/h4-7,9,11,15H,1,8,10H2,2-3H3,(H,16,17). The Bertz CT molecular complexity index is 405. The van der Waals surface area contributed by atoms with Gasteiger partial charge in [-0.3, -0.25) is 4.79 Å². The fourth-order valence-electron chi connectivity index (χ4n) is 1.57. The number of benzene rings is 1. The molecule has 1 unspecified atom stereocenters. The Labute approximate surface area is 108 Å². The average Bonchev–Trinajstić information content (AvgIpc) is 2.39. The van der Waals surface area contributed by atoms with E-state index in [4.69, 9.17) is 4.74 Å². The Hall–Kier alpha value is -1.81. The van der Waals surface area contributed by atoms with E-state index in [2.05, 4.69) is 17.2 Å². The summed E-state index contributed by atoms with van der Waals surface area (Å²) in [5.41, 5.74) is 1.02. The molecule has 0 spiro atoms. The lowest BCUT2D eigenvalue weighted by molar-refractivity contribution is -0.120. The first-order valence-electron chi connectivity index (χ1n) is 5.92. The highest BCUT2D eigenvalue weighted by Crippen LogP contribution is 2.18. The Morgan fingerprint density at radius 2 is 2.33 bits per heavy atom. The minimum Gasteiger partial charge on any atom is -0.497 e. The summed E-state index contributed by atoms with van der Waals surface area (Å²) in [7, 11) is 1.63. The largest absolute Gasteiger partial charge is 0.497 e. The van der Waals surface area contributed by atoms with Gasteiger partial charge in [0.25, 0.3) is 0 Å². The molecule has 0 aliphatic heterocycles. The van der Waals surface area contributed by atoms with Gasteiger partial charge in [0.2, 0.25) is 5.91 Å². The fourth-order valence-corrected chi connectivity index (χ4v) is 1.57. The van der Waals surface area contributed by atoms with E-state index >= 15 is 0 Å². The van der Waals surface area contributed by atoms with E-state index in [1.165, 1.54) is 0 Å². The molecule has 0 aliphatic carbocycles. The van der Waals surface area contributed by atoms with Crippen LogP contribution in [0.5, 0.6) is 5.75 Å². The first-order valence-corrected chi connectivity index (χ1v) is 5.92.